The number of rotatable bonds is 5. The van der Waals surface area contributed by atoms with E-state index in [1.165, 1.54) is 5.56 Å². The predicted molar refractivity (Wildman–Crippen MR) is 131 cm³/mol. The van der Waals surface area contributed by atoms with Gasteiger partial charge in [-0.1, -0.05) is 25.5 Å². The van der Waals surface area contributed by atoms with Crippen molar-refractivity contribution in [3.8, 4) is 11.4 Å². The fraction of sp³-hybridized carbons (Fsp3) is 0.385. The molecule has 4 heterocycles. The zero-order valence-electron chi connectivity index (χ0n) is 19.4. The largest absolute Gasteiger partial charge is 0.457 e. The summed E-state index contributed by atoms with van der Waals surface area (Å²) in [5.41, 5.74) is 4.39. The average molecular weight is 479 g/mol. The molecule has 0 spiro atoms. The molecule has 1 atom stereocenters. The lowest BCUT2D eigenvalue weighted by atomic mass is 9.85. The fourth-order valence-corrected chi connectivity index (χ4v) is 5.36. The number of pyridine rings is 2. The minimum absolute atomic E-state index is 0.0487. The van der Waals surface area contributed by atoms with Gasteiger partial charge in [0.15, 0.2) is 0 Å². The van der Waals surface area contributed by atoms with E-state index in [2.05, 4.69) is 32.5 Å². The second kappa shape index (κ2) is 8.27. The molecular formula is C26H26N2O5S. The molecule has 2 aliphatic heterocycles. The standard InChI is InChI=1S/C26H26N2O5S/c1-4-15-16-10-14(3)6-7-20(16)27-23-17(15)12-28-21(23)11-19-18(24(28)30)13-32-25(31)26(19,5-2)33-22(29)8-9-34/h6-7,10-11,34H,4-5,8-9,12-13H2,1-3H3. The topological polar surface area (TPSA) is 87.5 Å². The molecule has 5 rings (SSSR count). The van der Waals surface area contributed by atoms with Crippen LogP contribution >= 0.6 is 12.6 Å². The van der Waals surface area contributed by atoms with Crippen LogP contribution in [0.2, 0.25) is 0 Å². The summed E-state index contributed by atoms with van der Waals surface area (Å²) in [6.45, 7) is 6.15. The summed E-state index contributed by atoms with van der Waals surface area (Å²) in [6.07, 6.45) is 1.000. The number of cyclic esters (lactones) is 1. The number of thiol groups is 1. The first-order valence-corrected chi connectivity index (χ1v) is 12.2. The van der Waals surface area contributed by atoms with Crippen molar-refractivity contribution >= 4 is 35.5 Å². The van der Waals surface area contributed by atoms with Gasteiger partial charge in [-0.05, 0) is 43.5 Å². The highest BCUT2D eigenvalue weighted by Crippen LogP contribution is 2.42. The van der Waals surface area contributed by atoms with Gasteiger partial charge < -0.3 is 14.0 Å². The number of carbonyl (C=O) groups is 2. The maximum Gasteiger partial charge on any atom is 0.355 e. The number of nitrogens with zero attached hydrogens (tertiary/aromatic N) is 2. The van der Waals surface area contributed by atoms with Crippen LogP contribution in [0.4, 0.5) is 0 Å². The molecule has 0 saturated heterocycles. The Hall–Kier alpha value is -3.13. The van der Waals surface area contributed by atoms with Crippen LogP contribution in [0.25, 0.3) is 22.3 Å². The minimum Gasteiger partial charge on any atom is -0.457 e. The maximum absolute atomic E-state index is 13.6. The summed E-state index contributed by atoms with van der Waals surface area (Å²) in [5.74, 6) is -0.930. The van der Waals surface area contributed by atoms with Gasteiger partial charge >= 0.3 is 11.9 Å². The van der Waals surface area contributed by atoms with Gasteiger partial charge in [-0.3, -0.25) is 9.59 Å². The van der Waals surface area contributed by atoms with Gasteiger partial charge in [-0.25, -0.2) is 9.78 Å². The summed E-state index contributed by atoms with van der Waals surface area (Å²) in [4.78, 5) is 44.0. The van der Waals surface area contributed by atoms with E-state index in [-0.39, 0.29) is 30.8 Å². The zero-order valence-corrected chi connectivity index (χ0v) is 20.3. The molecule has 0 bridgehead atoms. The first-order valence-electron chi connectivity index (χ1n) is 11.5. The third-order valence-electron chi connectivity index (χ3n) is 6.89. The van der Waals surface area contributed by atoms with Crippen LogP contribution in [0.3, 0.4) is 0 Å². The number of aromatic nitrogens is 2. The Morgan fingerprint density at radius 3 is 2.74 bits per heavy atom. The van der Waals surface area contributed by atoms with Crippen molar-refractivity contribution in [2.75, 3.05) is 5.75 Å². The van der Waals surface area contributed by atoms with Crippen molar-refractivity contribution in [2.24, 2.45) is 0 Å². The Kier molecular flexibility index (Phi) is 5.51. The Labute approximate surface area is 202 Å². The van der Waals surface area contributed by atoms with Gasteiger partial charge in [0.2, 0.25) is 5.60 Å². The molecule has 0 saturated carbocycles. The van der Waals surface area contributed by atoms with E-state index < -0.39 is 17.5 Å². The van der Waals surface area contributed by atoms with Crippen LogP contribution in [0.5, 0.6) is 0 Å². The van der Waals surface area contributed by atoms with Crippen molar-refractivity contribution in [1.29, 1.82) is 0 Å². The van der Waals surface area contributed by atoms with Gasteiger partial charge in [-0.2, -0.15) is 12.6 Å². The SMILES string of the molecule is CCc1c2c(nc3ccc(C)cc13)-c1cc3c(c(=O)n1C2)COC(=O)C3(CC)OC(=O)CCS. The molecule has 0 fully saturated rings. The van der Waals surface area contributed by atoms with E-state index in [4.69, 9.17) is 14.5 Å². The molecule has 176 valence electrons. The first kappa shape index (κ1) is 22.7. The van der Waals surface area contributed by atoms with E-state index in [9.17, 15) is 14.4 Å². The van der Waals surface area contributed by atoms with Crippen LogP contribution in [0.15, 0.2) is 29.1 Å². The second-order valence-corrected chi connectivity index (χ2v) is 9.26. The monoisotopic (exact) mass is 478 g/mol. The second-order valence-electron chi connectivity index (χ2n) is 8.81. The van der Waals surface area contributed by atoms with E-state index in [0.717, 1.165) is 34.1 Å². The molecule has 0 aliphatic carbocycles. The Morgan fingerprint density at radius 2 is 2.03 bits per heavy atom. The lowest BCUT2D eigenvalue weighted by Gasteiger charge is -2.35. The lowest BCUT2D eigenvalue weighted by molar-refractivity contribution is -0.189. The minimum atomic E-state index is -1.66. The lowest BCUT2D eigenvalue weighted by Crippen LogP contribution is -2.47. The highest BCUT2D eigenvalue weighted by atomic mass is 32.1. The molecule has 2 aromatic heterocycles. The van der Waals surface area contributed by atoms with E-state index in [0.29, 0.717) is 23.4 Å². The van der Waals surface area contributed by atoms with E-state index in [1.807, 2.05) is 12.1 Å². The number of hydrogen-bond acceptors (Lipinski definition) is 7. The van der Waals surface area contributed by atoms with Crippen molar-refractivity contribution in [3.05, 3.63) is 62.4 Å². The molecule has 0 amide bonds. The third-order valence-corrected chi connectivity index (χ3v) is 7.11. The summed E-state index contributed by atoms with van der Waals surface area (Å²) < 4.78 is 12.8. The number of esters is 2. The molecule has 3 aromatic rings. The van der Waals surface area contributed by atoms with Gasteiger partial charge in [-0.15, -0.1) is 0 Å². The number of aryl methyl sites for hydroxylation is 2. The van der Waals surface area contributed by atoms with Crippen molar-refractivity contribution < 1.29 is 19.1 Å². The van der Waals surface area contributed by atoms with Crippen LogP contribution < -0.4 is 5.56 Å². The molecular weight excluding hydrogens is 452 g/mol. The normalized spacial score (nSPS) is 18.3. The molecule has 7 nitrogen and oxygen atoms in total. The van der Waals surface area contributed by atoms with Gasteiger partial charge in [0.05, 0.1) is 35.4 Å². The summed E-state index contributed by atoms with van der Waals surface area (Å²) in [6, 6.07) is 7.95. The van der Waals surface area contributed by atoms with Crippen LogP contribution in [0.1, 0.15) is 54.5 Å². The molecule has 34 heavy (non-hydrogen) atoms. The predicted octanol–water partition coefficient (Wildman–Crippen LogP) is 3.82. The smallest absolute Gasteiger partial charge is 0.355 e. The Balaban J connectivity index is 1.76. The molecule has 1 unspecified atom stereocenters. The number of fused-ring (bicyclic) bond motifs is 5. The third kappa shape index (κ3) is 3.19. The van der Waals surface area contributed by atoms with E-state index in [1.54, 1.807) is 17.6 Å². The average Bonchev–Trinajstić information content (AvgIpc) is 3.18. The summed E-state index contributed by atoms with van der Waals surface area (Å²) in [5, 5.41) is 1.09. The molecule has 0 radical (unpaired) electrons. The van der Waals surface area contributed by atoms with Crippen molar-refractivity contribution in [2.45, 2.75) is 58.8 Å². The molecule has 2 aliphatic rings. The van der Waals surface area contributed by atoms with Crippen molar-refractivity contribution in [1.82, 2.24) is 9.55 Å². The maximum atomic E-state index is 13.6. The highest BCUT2D eigenvalue weighted by molar-refractivity contribution is 7.80. The zero-order chi connectivity index (χ0) is 24.2. The Bertz CT molecular complexity index is 1430. The van der Waals surface area contributed by atoms with Crippen LogP contribution in [-0.4, -0.2) is 27.2 Å². The Morgan fingerprint density at radius 1 is 1.24 bits per heavy atom. The van der Waals surface area contributed by atoms with Gasteiger partial charge in [0.1, 0.15) is 6.61 Å². The number of ether oxygens (including phenoxy) is 2. The number of benzene rings is 1. The quantitative estimate of drug-likeness (QED) is 0.347. The molecule has 1 aromatic carbocycles. The van der Waals surface area contributed by atoms with Gasteiger partial charge in [0.25, 0.3) is 5.56 Å². The number of carbonyl (C=O) groups excluding carboxylic acids is 2. The highest BCUT2D eigenvalue weighted by Gasteiger charge is 2.50. The molecule has 0 N–H and O–H groups in total. The van der Waals surface area contributed by atoms with Crippen LogP contribution in [-0.2, 0) is 44.2 Å². The first-order chi connectivity index (χ1) is 16.3. The number of hydrogen-bond donors (Lipinski definition) is 1. The molecule has 8 heteroatoms. The summed E-state index contributed by atoms with van der Waals surface area (Å²) in [7, 11) is 0. The van der Waals surface area contributed by atoms with Crippen molar-refractivity contribution in [3.63, 3.8) is 0 Å². The van der Waals surface area contributed by atoms with E-state index >= 15 is 0 Å². The van der Waals surface area contributed by atoms with Gasteiger partial charge in [0, 0.05) is 22.3 Å². The summed E-state index contributed by atoms with van der Waals surface area (Å²) >= 11 is 4.09. The fourth-order valence-electron chi connectivity index (χ4n) is 5.17. The van der Waals surface area contributed by atoms with Crippen LogP contribution in [0, 0.1) is 6.92 Å².